The van der Waals surface area contributed by atoms with Crippen LogP contribution in [0.4, 0.5) is 0 Å². The number of hydrogen-bond donors (Lipinski definition) is 1. The summed E-state index contributed by atoms with van der Waals surface area (Å²) in [7, 11) is 1.40. The van der Waals surface area contributed by atoms with E-state index in [0.717, 1.165) is 40.8 Å². The fourth-order valence-electron chi connectivity index (χ4n) is 8.57. The Morgan fingerprint density at radius 2 is 1.02 bits per heavy atom. The standard InChI is InChI=1S/C52H44N4O3/c1-59-52(58)40-29-30-47-46(35-40)54-51(55(47)33-31-41(36-17-6-2-7-18-36)37-19-8-3-9-20-37)44-26-16-27-45-49(44)56(50(53-45)43-25-14-15-28-48(43)57)34-32-42(38-21-10-4-11-22-38)39-23-12-5-13-24-39/h2-30,35,41-42,57H,31-34H2,1H3. The molecule has 0 saturated heterocycles. The lowest BCUT2D eigenvalue weighted by Gasteiger charge is -2.21. The lowest BCUT2D eigenvalue weighted by atomic mass is 9.88. The van der Waals surface area contributed by atoms with E-state index in [-0.39, 0.29) is 17.6 Å². The SMILES string of the molecule is COC(=O)c1ccc2c(c1)nc(-c1cccc3nc(-c4ccccc4O)n(CCC(c4ccccc4)c4ccccc4)c13)n2CCC(c1ccccc1)c1ccccc1. The number of benzene rings is 7. The second kappa shape index (κ2) is 16.7. The van der Waals surface area contributed by atoms with Crippen molar-refractivity contribution in [3.05, 3.63) is 210 Å². The van der Waals surface area contributed by atoms with Crippen LogP contribution in [-0.2, 0) is 17.8 Å². The molecule has 2 aromatic heterocycles. The highest BCUT2D eigenvalue weighted by Gasteiger charge is 2.25. The van der Waals surface area contributed by atoms with E-state index in [4.69, 9.17) is 14.7 Å². The van der Waals surface area contributed by atoms with Crippen LogP contribution in [0.1, 0.15) is 57.3 Å². The summed E-state index contributed by atoms with van der Waals surface area (Å²) in [5, 5.41) is 11.3. The number of imidazole rings is 2. The molecule has 0 spiro atoms. The largest absolute Gasteiger partial charge is 0.507 e. The maximum absolute atomic E-state index is 12.8. The summed E-state index contributed by atoms with van der Waals surface area (Å²) in [5.74, 6) is 1.49. The minimum atomic E-state index is -0.407. The highest BCUT2D eigenvalue weighted by atomic mass is 16.5. The van der Waals surface area contributed by atoms with Crippen LogP contribution in [-0.4, -0.2) is 37.3 Å². The second-order valence-corrected chi connectivity index (χ2v) is 14.9. The van der Waals surface area contributed by atoms with Crippen molar-refractivity contribution in [2.75, 3.05) is 7.11 Å². The number of phenols is 1. The van der Waals surface area contributed by atoms with E-state index in [1.54, 1.807) is 6.07 Å². The molecular weight excluding hydrogens is 729 g/mol. The molecule has 290 valence electrons. The Morgan fingerprint density at radius 3 is 1.56 bits per heavy atom. The van der Waals surface area contributed by atoms with Crippen molar-refractivity contribution >= 4 is 28.0 Å². The van der Waals surface area contributed by atoms with Crippen LogP contribution < -0.4 is 0 Å². The molecule has 0 unspecified atom stereocenters. The van der Waals surface area contributed by atoms with Gasteiger partial charge in [-0.3, -0.25) is 0 Å². The number of aromatic nitrogens is 4. The van der Waals surface area contributed by atoms with E-state index in [1.165, 1.54) is 29.4 Å². The minimum absolute atomic E-state index is 0.119. The van der Waals surface area contributed by atoms with Crippen molar-refractivity contribution in [2.24, 2.45) is 0 Å². The number of aryl methyl sites for hydroxylation is 2. The number of carbonyl (C=O) groups is 1. The van der Waals surface area contributed by atoms with Gasteiger partial charge in [0.15, 0.2) is 0 Å². The highest BCUT2D eigenvalue weighted by Crippen LogP contribution is 2.39. The van der Waals surface area contributed by atoms with E-state index in [2.05, 4.69) is 137 Å². The molecule has 0 bridgehead atoms. The normalized spacial score (nSPS) is 11.5. The average Bonchev–Trinajstić information content (AvgIpc) is 3.85. The first-order valence-electron chi connectivity index (χ1n) is 20.1. The molecule has 0 amide bonds. The van der Waals surface area contributed by atoms with E-state index in [9.17, 15) is 9.90 Å². The molecule has 59 heavy (non-hydrogen) atoms. The molecule has 0 fully saturated rings. The van der Waals surface area contributed by atoms with Crippen LogP contribution in [0.15, 0.2) is 182 Å². The first kappa shape index (κ1) is 37.3. The molecule has 0 aliphatic heterocycles. The molecule has 7 nitrogen and oxygen atoms in total. The Bertz CT molecular complexity index is 2770. The van der Waals surface area contributed by atoms with Crippen molar-refractivity contribution in [3.63, 3.8) is 0 Å². The van der Waals surface area contributed by atoms with Crippen LogP contribution in [0.3, 0.4) is 0 Å². The topological polar surface area (TPSA) is 82.2 Å². The van der Waals surface area contributed by atoms with E-state index in [0.29, 0.717) is 35.6 Å². The number of aromatic hydroxyl groups is 1. The van der Waals surface area contributed by atoms with Gasteiger partial charge in [0.05, 0.1) is 40.3 Å². The maximum Gasteiger partial charge on any atom is 0.337 e. The van der Waals surface area contributed by atoms with Gasteiger partial charge in [0.25, 0.3) is 0 Å². The Hall–Kier alpha value is -7.25. The number of methoxy groups -OCH3 is 1. The molecule has 9 aromatic rings. The lowest BCUT2D eigenvalue weighted by Crippen LogP contribution is -2.10. The molecule has 0 atom stereocenters. The average molecular weight is 773 g/mol. The van der Waals surface area contributed by atoms with Gasteiger partial charge >= 0.3 is 5.97 Å². The molecule has 0 saturated carbocycles. The maximum atomic E-state index is 12.8. The lowest BCUT2D eigenvalue weighted by molar-refractivity contribution is 0.0601. The number of fused-ring (bicyclic) bond motifs is 2. The summed E-state index contributed by atoms with van der Waals surface area (Å²) in [4.78, 5) is 23.3. The summed E-state index contributed by atoms with van der Waals surface area (Å²) in [5.41, 5.74) is 10.4. The van der Waals surface area contributed by atoms with Gasteiger partial charge in [0, 0.05) is 30.5 Å². The Kier molecular flexibility index (Phi) is 10.6. The number of rotatable bonds is 13. The smallest absolute Gasteiger partial charge is 0.337 e. The fraction of sp³-hybridized carbons (Fsp3) is 0.135. The predicted molar refractivity (Wildman–Crippen MR) is 236 cm³/mol. The van der Waals surface area contributed by atoms with E-state index >= 15 is 0 Å². The van der Waals surface area contributed by atoms with Gasteiger partial charge in [-0.2, -0.15) is 0 Å². The summed E-state index contributed by atoms with van der Waals surface area (Å²) in [6, 6.07) is 61.8. The van der Waals surface area contributed by atoms with Crippen molar-refractivity contribution in [1.29, 1.82) is 0 Å². The van der Waals surface area contributed by atoms with E-state index in [1.807, 2.05) is 48.5 Å². The third-order valence-electron chi connectivity index (χ3n) is 11.4. The summed E-state index contributed by atoms with van der Waals surface area (Å²) >= 11 is 0. The highest BCUT2D eigenvalue weighted by molar-refractivity contribution is 5.97. The van der Waals surface area contributed by atoms with Crippen LogP contribution in [0.2, 0.25) is 0 Å². The Labute approximate surface area is 343 Å². The van der Waals surface area contributed by atoms with Crippen molar-refractivity contribution in [2.45, 2.75) is 37.8 Å². The van der Waals surface area contributed by atoms with Crippen molar-refractivity contribution in [1.82, 2.24) is 19.1 Å². The first-order chi connectivity index (χ1) is 29.1. The zero-order valence-electron chi connectivity index (χ0n) is 32.9. The molecule has 0 aliphatic carbocycles. The Morgan fingerprint density at radius 1 is 0.542 bits per heavy atom. The first-order valence-corrected chi connectivity index (χ1v) is 20.1. The quantitative estimate of drug-likeness (QED) is 0.118. The molecular formula is C52H44N4O3. The van der Waals surface area contributed by atoms with Gasteiger partial charge in [-0.05, 0) is 77.6 Å². The molecule has 7 aromatic carbocycles. The van der Waals surface area contributed by atoms with Gasteiger partial charge in [-0.1, -0.05) is 140 Å². The van der Waals surface area contributed by atoms with Crippen LogP contribution in [0.5, 0.6) is 5.75 Å². The predicted octanol–water partition coefficient (Wildman–Crippen LogP) is 11.7. The Balaban J connectivity index is 1.22. The number of nitrogens with zero attached hydrogens (tertiary/aromatic N) is 4. The minimum Gasteiger partial charge on any atom is -0.507 e. The zero-order chi connectivity index (χ0) is 40.1. The molecule has 9 rings (SSSR count). The van der Waals surface area contributed by atoms with Crippen molar-refractivity contribution in [3.8, 4) is 28.5 Å². The monoisotopic (exact) mass is 772 g/mol. The zero-order valence-corrected chi connectivity index (χ0v) is 32.9. The van der Waals surface area contributed by atoms with Crippen molar-refractivity contribution < 1.29 is 14.6 Å². The summed E-state index contributed by atoms with van der Waals surface area (Å²) in [6.07, 6.45) is 1.59. The third-order valence-corrected chi connectivity index (χ3v) is 11.4. The fourth-order valence-corrected chi connectivity index (χ4v) is 8.57. The number of carbonyl (C=O) groups excluding carboxylic acids is 1. The van der Waals surface area contributed by atoms with Gasteiger partial charge < -0.3 is 19.0 Å². The molecule has 2 heterocycles. The number of phenolic OH excluding ortho intramolecular Hbond substituents is 1. The van der Waals surface area contributed by atoms with Gasteiger partial charge in [-0.15, -0.1) is 0 Å². The van der Waals surface area contributed by atoms with Gasteiger partial charge in [0.2, 0.25) is 0 Å². The third kappa shape index (κ3) is 7.51. The number of ether oxygens (including phenoxy) is 1. The number of para-hydroxylation sites is 2. The van der Waals surface area contributed by atoms with E-state index < -0.39 is 5.97 Å². The van der Waals surface area contributed by atoms with Crippen LogP contribution in [0.25, 0.3) is 44.8 Å². The second-order valence-electron chi connectivity index (χ2n) is 14.9. The number of hydrogen-bond acceptors (Lipinski definition) is 5. The molecule has 1 N–H and O–H groups in total. The van der Waals surface area contributed by atoms with Crippen LogP contribution >= 0.6 is 0 Å². The summed E-state index contributed by atoms with van der Waals surface area (Å²) < 4.78 is 9.67. The molecule has 0 aliphatic rings. The van der Waals surface area contributed by atoms with Crippen LogP contribution in [0, 0.1) is 0 Å². The molecule has 0 radical (unpaired) electrons. The van der Waals surface area contributed by atoms with Gasteiger partial charge in [-0.25, -0.2) is 14.8 Å². The number of esters is 1. The summed E-state index contributed by atoms with van der Waals surface area (Å²) in [6.45, 7) is 1.27. The molecule has 7 heteroatoms. The van der Waals surface area contributed by atoms with Gasteiger partial charge in [0.1, 0.15) is 17.4 Å².